The third kappa shape index (κ3) is 7.29. The van der Waals surface area contributed by atoms with E-state index in [2.05, 4.69) is 9.97 Å². The Morgan fingerprint density at radius 2 is 1.74 bits per heavy atom. The Kier molecular flexibility index (Phi) is 11.0. The summed E-state index contributed by atoms with van der Waals surface area (Å²) in [7, 11) is 1.48. The maximum Gasteiger partial charge on any atom is 0.410 e. The fourth-order valence-corrected chi connectivity index (χ4v) is 7.58. The predicted molar refractivity (Wildman–Crippen MR) is 176 cm³/mol. The number of esters is 1. The van der Waals surface area contributed by atoms with Gasteiger partial charge >= 0.3 is 12.1 Å². The quantitative estimate of drug-likeness (QED) is 0.117. The van der Waals surface area contributed by atoms with Crippen LogP contribution in [0.3, 0.4) is 0 Å². The number of ketones is 2. The number of imidazole rings is 1. The summed E-state index contributed by atoms with van der Waals surface area (Å²) in [5.41, 5.74) is -3.68. The molecule has 2 aromatic rings. The monoisotopic (exact) mass is 754 g/mol. The van der Waals surface area contributed by atoms with Crippen molar-refractivity contribution in [2.24, 2.45) is 17.8 Å². The molecule has 46 heavy (non-hydrogen) atoms. The lowest BCUT2D eigenvalue weighted by atomic mass is 9.75. The second kappa shape index (κ2) is 14.0. The minimum atomic E-state index is -2.94. The number of methoxy groups -OCH3 is 1. The molecular weight excluding hydrogens is 710 g/mol. The van der Waals surface area contributed by atoms with Crippen LogP contribution in [-0.2, 0) is 35.1 Å². The zero-order chi connectivity index (χ0) is 34.0. The molecule has 0 aromatic carbocycles. The molecule has 4 rings (SSSR count). The Bertz CT molecular complexity index is 1440. The summed E-state index contributed by atoms with van der Waals surface area (Å²) in [6.45, 7) is 10.2. The van der Waals surface area contributed by atoms with Crippen LogP contribution in [0.5, 0.6) is 0 Å². The number of cyclic esters (lactones) is 1. The van der Waals surface area contributed by atoms with Gasteiger partial charge in [0, 0.05) is 62.1 Å². The van der Waals surface area contributed by atoms with Gasteiger partial charge < -0.3 is 23.7 Å². The number of Topliss-reactive ketones (excluding diaryl/α,β-unsaturated/α-hetero) is 2. The Labute approximate surface area is 283 Å². The number of hydrogen-bond donors (Lipinski definition) is 0. The first-order valence-electron chi connectivity index (χ1n) is 15.6. The van der Waals surface area contributed by atoms with Gasteiger partial charge in [0.15, 0.2) is 15.5 Å². The van der Waals surface area contributed by atoms with Crippen LogP contribution in [0.2, 0.25) is 0 Å². The Balaban J connectivity index is 1.57. The van der Waals surface area contributed by atoms with Crippen LogP contribution in [0, 0.1) is 17.8 Å². The number of fused-ring (bicyclic) bond motifs is 1. The maximum absolute atomic E-state index is 15.8. The molecule has 0 aliphatic carbocycles. The number of carbonyl (C=O) groups is 4. The fourth-order valence-electron chi connectivity index (χ4n) is 6.86. The second-order valence-electron chi connectivity index (χ2n) is 13.3. The molecule has 2 aliphatic heterocycles. The van der Waals surface area contributed by atoms with Gasteiger partial charge in [0.25, 0.3) is 5.67 Å². The normalized spacial score (nSPS) is 34.5. The number of aromatic nitrogens is 3. The van der Waals surface area contributed by atoms with Crippen LogP contribution in [0.15, 0.2) is 37.1 Å². The van der Waals surface area contributed by atoms with Gasteiger partial charge in [-0.05, 0) is 81.2 Å². The number of nitrogens with zero attached hydrogens (tertiary/aromatic N) is 4. The highest BCUT2D eigenvalue weighted by Gasteiger charge is 2.60. The first-order chi connectivity index (χ1) is 21.5. The van der Waals surface area contributed by atoms with Crippen molar-refractivity contribution < 1.29 is 37.8 Å². The first-order valence-corrected chi connectivity index (χ1v) is 16.9. The van der Waals surface area contributed by atoms with E-state index in [1.165, 1.54) is 18.9 Å². The molecule has 13 heteroatoms. The van der Waals surface area contributed by atoms with Crippen LogP contribution < -0.4 is 0 Å². The molecule has 11 nitrogen and oxygen atoms in total. The van der Waals surface area contributed by atoms with Crippen molar-refractivity contribution in [2.75, 3.05) is 13.7 Å². The number of alkyl halides is 2. The van der Waals surface area contributed by atoms with E-state index in [1.54, 1.807) is 69.0 Å². The van der Waals surface area contributed by atoms with Gasteiger partial charge in [-0.1, -0.05) is 20.8 Å². The SMILES string of the molecule is CO[C@]1(C)C[C@@H](C)C(=O)[C@H](C)[C@H]2N(CCCCn3cnc(-c4cccnc4)c3)C(=O)O[C@]2(C)[C@@H](I)OC(=O)[C@@](C)(F)C(=O)[C@H](C)C1. The average molecular weight is 755 g/mol. The molecule has 0 N–H and O–H groups in total. The summed E-state index contributed by atoms with van der Waals surface area (Å²) in [6, 6.07) is 2.96. The van der Waals surface area contributed by atoms with E-state index in [0.29, 0.717) is 19.4 Å². The van der Waals surface area contributed by atoms with E-state index < -0.39 is 62.6 Å². The summed E-state index contributed by atoms with van der Waals surface area (Å²) in [5, 5.41) is 0. The van der Waals surface area contributed by atoms with Gasteiger partial charge in [0.05, 0.1) is 23.7 Å². The summed E-state index contributed by atoms with van der Waals surface area (Å²) >= 11 is 1.79. The van der Waals surface area contributed by atoms with E-state index in [1.807, 2.05) is 22.9 Å². The van der Waals surface area contributed by atoms with Gasteiger partial charge in [-0.3, -0.25) is 14.6 Å². The average Bonchev–Trinajstić information content (AvgIpc) is 3.59. The Hall–Kier alpha value is -2.94. The lowest BCUT2D eigenvalue weighted by Gasteiger charge is -2.40. The minimum absolute atomic E-state index is 0.101. The highest BCUT2D eigenvalue weighted by Crippen LogP contribution is 2.43. The predicted octanol–water partition coefficient (Wildman–Crippen LogP) is 5.58. The molecule has 252 valence electrons. The van der Waals surface area contributed by atoms with Crippen LogP contribution in [0.25, 0.3) is 11.3 Å². The molecule has 2 aromatic heterocycles. The largest absolute Gasteiger partial charge is 0.445 e. The molecule has 8 atom stereocenters. The van der Waals surface area contributed by atoms with Crippen molar-refractivity contribution in [3.05, 3.63) is 37.1 Å². The number of amides is 1. The van der Waals surface area contributed by atoms with E-state index >= 15 is 4.39 Å². The highest BCUT2D eigenvalue weighted by atomic mass is 127. The number of ether oxygens (including phenoxy) is 3. The lowest BCUT2D eigenvalue weighted by Crippen LogP contribution is -2.57. The van der Waals surface area contributed by atoms with Crippen molar-refractivity contribution >= 4 is 46.2 Å². The fraction of sp³-hybridized carbons (Fsp3) is 0.636. The van der Waals surface area contributed by atoms with Gasteiger partial charge in [0.2, 0.25) is 0 Å². The van der Waals surface area contributed by atoms with Crippen LogP contribution >= 0.6 is 22.6 Å². The van der Waals surface area contributed by atoms with Crippen molar-refractivity contribution in [1.82, 2.24) is 19.4 Å². The topological polar surface area (TPSA) is 130 Å². The number of carbonyl (C=O) groups excluding carboxylic acids is 4. The molecule has 2 fully saturated rings. The molecule has 0 unspecified atom stereocenters. The molecule has 0 saturated carbocycles. The van der Waals surface area contributed by atoms with Crippen molar-refractivity contribution in [1.29, 1.82) is 0 Å². The number of pyridine rings is 1. The van der Waals surface area contributed by atoms with Gasteiger partial charge in [0.1, 0.15) is 5.78 Å². The standard InChI is InChI=1S/C33H44FIN4O7/c1-20-15-31(4,44-7)16-21(2)27(41)32(5,34)29(42)45-28(35)33(6)26(22(3)25(20)40)39(30(43)46-33)14-9-8-13-38-18-24(37-19-38)23-11-10-12-36-17-23/h10-12,17-22,26,28H,8-9,13-16H2,1-7H3/t20-,21-,22+,26-,28+,31-,32+,33+/m1/s1. The van der Waals surface area contributed by atoms with Crippen LogP contribution in [0.1, 0.15) is 67.2 Å². The third-order valence-electron chi connectivity index (χ3n) is 9.45. The number of hydrogen-bond acceptors (Lipinski definition) is 9. The summed E-state index contributed by atoms with van der Waals surface area (Å²) in [6.07, 6.45) is 8.12. The molecule has 2 saturated heterocycles. The number of unbranched alkanes of at least 4 members (excludes halogenated alkanes) is 1. The number of rotatable bonds is 7. The molecule has 2 aliphatic rings. The Morgan fingerprint density at radius 3 is 2.39 bits per heavy atom. The molecule has 4 heterocycles. The maximum atomic E-state index is 15.8. The summed E-state index contributed by atoms with van der Waals surface area (Å²) in [5.74, 6) is -4.56. The highest BCUT2D eigenvalue weighted by molar-refractivity contribution is 14.1. The summed E-state index contributed by atoms with van der Waals surface area (Å²) in [4.78, 5) is 63.9. The summed E-state index contributed by atoms with van der Waals surface area (Å²) < 4.78 is 33.8. The van der Waals surface area contributed by atoms with Crippen LogP contribution in [0.4, 0.5) is 9.18 Å². The third-order valence-corrected chi connectivity index (χ3v) is 10.9. The minimum Gasteiger partial charge on any atom is -0.445 e. The van der Waals surface area contributed by atoms with E-state index in [-0.39, 0.29) is 25.2 Å². The van der Waals surface area contributed by atoms with Crippen molar-refractivity contribution in [3.8, 4) is 11.3 Å². The van der Waals surface area contributed by atoms with E-state index in [0.717, 1.165) is 18.2 Å². The number of aryl methyl sites for hydroxylation is 1. The molecule has 0 spiro atoms. The van der Waals surface area contributed by atoms with E-state index in [4.69, 9.17) is 14.2 Å². The second-order valence-corrected chi connectivity index (χ2v) is 14.4. The van der Waals surface area contributed by atoms with Gasteiger partial charge in [-0.15, -0.1) is 0 Å². The van der Waals surface area contributed by atoms with Gasteiger partial charge in [-0.2, -0.15) is 0 Å². The zero-order valence-electron chi connectivity index (χ0n) is 27.5. The lowest BCUT2D eigenvalue weighted by molar-refractivity contribution is -0.171. The zero-order valence-corrected chi connectivity index (χ0v) is 29.7. The van der Waals surface area contributed by atoms with Crippen LogP contribution in [-0.4, -0.2) is 83.7 Å². The molecule has 0 bridgehead atoms. The molecule has 1 amide bonds. The van der Waals surface area contributed by atoms with Gasteiger partial charge in [-0.25, -0.2) is 19.0 Å². The molecule has 0 radical (unpaired) electrons. The first kappa shape index (κ1) is 35.9. The van der Waals surface area contributed by atoms with Crippen molar-refractivity contribution in [2.45, 2.75) is 101 Å². The molecular formula is C33H44FIN4O7. The Morgan fingerprint density at radius 1 is 1.07 bits per heavy atom. The smallest absolute Gasteiger partial charge is 0.410 e. The van der Waals surface area contributed by atoms with E-state index in [9.17, 15) is 19.2 Å². The number of halogens is 2. The van der Waals surface area contributed by atoms with Crippen molar-refractivity contribution in [3.63, 3.8) is 0 Å².